The number of hydrogen-bond acceptors (Lipinski definition) is 6. The Morgan fingerprint density at radius 2 is 1.56 bits per heavy atom. The summed E-state index contributed by atoms with van der Waals surface area (Å²) in [6.07, 6.45) is 0. The Morgan fingerprint density at radius 3 is 2.33 bits per heavy atom. The summed E-state index contributed by atoms with van der Waals surface area (Å²) in [6.45, 7) is 4.71. The van der Waals surface area contributed by atoms with E-state index >= 15 is 0 Å². The van der Waals surface area contributed by atoms with Crippen molar-refractivity contribution in [2.75, 3.05) is 49.1 Å². The van der Waals surface area contributed by atoms with Crippen LogP contribution in [0.2, 0.25) is 5.02 Å². The van der Waals surface area contributed by atoms with E-state index in [1.165, 1.54) is 35.2 Å². The summed E-state index contributed by atoms with van der Waals surface area (Å²) in [5.41, 5.74) is 2.53. The topological polar surface area (TPSA) is 90.0 Å². The Kier molecular flexibility index (Phi) is 8.21. The highest BCUT2D eigenvalue weighted by atomic mass is 35.5. The standard InChI is InChI=1S/C33H31ClN4O4S/c34-26-9-6-10-27(22-26)37-19-17-36(18-20-37)16-15-35-32(39)25-13-14-31-29(21-25)38(23-24-7-2-1-3-8-24)33(40)28-11-4-5-12-30(28)43(31,41)42/h1-14,21-22H,15-20,23H2,(H,35,39). The van der Waals surface area contributed by atoms with Crippen LogP contribution in [-0.2, 0) is 16.4 Å². The second-order valence-corrected chi connectivity index (χ2v) is 12.9. The SMILES string of the molecule is O=C(NCCN1CCN(c2cccc(Cl)c2)CC1)c1ccc2c(c1)N(Cc1ccccc1)C(=O)c1ccccc1S2(=O)=O. The Hall–Kier alpha value is -4.18. The number of amides is 2. The number of rotatable bonds is 7. The summed E-state index contributed by atoms with van der Waals surface area (Å²) in [7, 11) is -4.01. The van der Waals surface area contributed by atoms with Gasteiger partial charge in [0.2, 0.25) is 9.84 Å². The predicted octanol–water partition coefficient (Wildman–Crippen LogP) is 4.89. The predicted molar refractivity (Wildman–Crippen MR) is 168 cm³/mol. The van der Waals surface area contributed by atoms with E-state index in [2.05, 4.69) is 21.2 Å². The van der Waals surface area contributed by atoms with Crippen LogP contribution < -0.4 is 15.1 Å². The van der Waals surface area contributed by atoms with Gasteiger partial charge in [0.25, 0.3) is 11.8 Å². The van der Waals surface area contributed by atoms with Gasteiger partial charge in [-0.1, -0.05) is 60.1 Å². The van der Waals surface area contributed by atoms with Crippen LogP contribution in [0.25, 0.3) is 0 Å². The van der Waals surface area contributed by atoms with Crippen LogP contribution >= 0.6 is 11.6 Å². The molecule has 2 amide bonds. The summed E-state index contributed by atoms with van der Waals surface area (Å²) in [6, 6.07) is 27.9. The first-order valence-electron chi connectivity index (χ1n) is 14.2. The van der Waals surface area contributed by atoms with Gasteiger partial charge < -0.3 is 15.1 Å². The fourth-order valence-electron chi connectivity index (χ4n) is 5.60. The van der Waals surface area contributed by atoms with E-state index < -0.39 is 15.7 Å². The number of benzene rings is 4. The maximum atomic E-state index is 13.8. The summed E-state index contributed by atoms with van der Waals surface area (Å²) in [4.78, 5) is 33.0. The van der Waals surface area contributed by atoms with Crippen molar-refractivity contribution in [3.8, 4) is 0 Å². The molecule has 2 aliphatic heterocycles. The van der Waals surface area contributed by atoms with E-state index in [0.717, 1.165) is 42.5 Å². The van der Waals surface area contributed by atoms with Crippen molar-refractivity contribution in [1.29, 1.82) is 0 Å². The first-order chi connectivity index (χ1) is 20.8. The van der Waals surface area contributed by atoms with E-state index in [1.807, 2.05) is 48.5 Å². The molecule has 0 saturated carbocycles. The van der Waals surface area contributed by atoms with Gasteiger partial charge in [0.05, 0.1) is 27.6 Å². The number of carbonyl (C=O) groups is 2. The van der Waals surface area contributed by atoms with Gasteiger partial charge in [0.15, 0.2) is 0 Å². The van der Waals surface area contributed by atoms with Gasteiger partial charge in [-0.15, -0.1) is 0 Å². The summed E-state index contributed by atoms with van der Waals surface area (Å²) in [5, 5.41) is 3.69. The monoisotopic (exact) mass is 614 g/mol. The van der Waals surface area contributed by atoms with Gasteiger partial charge in [-0.05, 0) is 54.1 Å². The molecular weight excluding hydrogens is 584 g/mol. The fraction of sp³-hybridized carbons (Fsp3) is 0.212. The van der Waals surface area contributed by atoms with Crippen LogP contribution in [0, 0.1) is 0 Å². The molecule has 0 aromatic heterocycles. The highest BCUT2D eigenvalue weighted by Crippen LogP contribution is 2.38. The first-order valence-corrected chi connectivity index (χ1v) is 16.0. The molecule has 8 nitrogen and oxygen atoms in total. The molecule has 6 rings (SSSR count). The van der Waals surface area contributed by atoms with Crippen molar-refractivity contribution in [2.24, 2.45) is 0 Å². The van der Waals surface area contributed by atoms with Gasteiger partial charge in [0, 0.05) is 55.5 Å². The molecular formula is C33H31ClN4O4S. The van der Waals surface area contributed by atoms with Gasteiger partial charge in [0.1, 0.15) is 0 Å². The van der Waals surface area contributed by atoms with Crippen LogP contribution in [0.1, 0.15) is 26.3 Å². The molecule has 0 atom stereocenters. The van der Waals surface area contributed by atoms with Crippen molar-refractivity contribution in [3.05, 3.63) is 119 Å². The maximum Gasteiger partial charge on any atom is 0.259 e. The van der Waals surface area contributed by atoms with E-state index in [9.17, 15) is 18.0 Å². The molecule has 0 radical (unpaired) electrons. The zero-order valence-corrected chi connectivity index (χ0v) is 25.0. The van der Waals surface area contributed by atoms with Crippen LogP contribution in [0.15, 0.2) is 107 Å². The van der Waals surface area contributed by atoms with Crippen molar-refractivity contribution in [2.45, 2.75) is 16.3 Å². The van der Waals surface area contributed by atoms with Crippen molar-refractivity contribution >= 4 is 44.6 Å². The van der Waals surface area contributed by atoms with Crippen molar-refractivity contribution < 1.29 is 18.0 Å². The molecule has 0 spiro atoms. The lowest BCUT2D eigenvalue weighted by molar-refractivity contribution is 0.0944. The van der Waals surface area contributed by atoms with Gasteiger partial charge >= 0.3 is 0 Å². The van der Waals surface area contributed by atoms with Crippen LogP contribution in [-0.4, -0.2) is 64.4 Å². The third-order valence-corrected chi connectivity index (χ3v) is 9.99. The minimum Gasteiger partial charge on any atom is -0.369 e. The first kappa shape index (κ1) is 28.9. The lowest BCUT2D eigenvalue weighted by Crippen LogP contribution is -2.48. The molecule has 2 aliphatic rings. The Morgan fingerprint density at radius 1 is 0.814 bits per heavy atom. The van der Waals surface area contributed by atoms with Crippen molar-refractivity contribution in [3.63, 3.8) is 0 Å². The average Bonchev–Trinajstić information content (AvgIpc) is 3.09. The van der Waals surface area contributed by atoms with E-state index in [4.69, 9.17) is 11.6 Å². The average molecular weight is 615 g/mol. The third-order valence-electron chi connectivity index (χ3n) is 7.90. The molecule has 1 fully saturated rings. The third kappa shape index (κ3) is 6.01. The van der Waals surface area contributed by atoms with Crippen LogP contribution in [0.4, 0.5) is 11.4 Å². The number of nitrogens with one attached hydrogen (secondary N) is 1. The van der Waals surface area contributed by atoms with Crippen LogP contribution in [0.5, 0.6) is 0 Å². The normalized spacial score (nSPS) is 16.3. The Balaban J connectivity index is 1.18. The molecule has 0 bridgehead atoms. The lowest BCUT2D eigenvalue weighted by Gasteiger charge is -2.36. The highest BCUT2D eigenvalue weighted by Gasteiger charge is 2.36. The largest absolute Gasteiger partial charge is 0.369 e. The van der Waals surface area contributed by atoms with Crippen LogP contribution in [0.3, 0.4) is 0 Å². The number of hydrogen-bond donors (Lipinski definition) is 1. The smallest absolute Gasteiger partial charge is 0.259 e. The molecule has 0 aliphatic carbocycles. The van der Waals surface area contributed by atoms with Crippen molar-refractivity contribution in [1.82, 2.24) is 10.2 Å². The molecule has 2 heterocycles. The molecule has 10 heteroatoms. The number of nitrogens with zero attached hydrogens (tertiary/aromatic N) is 3. The number of piperazine rings is 1. The lowest BCUT2D eigenvalue weighted by atomic mass is 10.1. The molecule has 0 unspecified atom stereocenters. The molecule has 1 N–H and O–H groups in total. The second kappa shape index (κ2) is 12.2. The summed E-state index contributed by atoms with van der Waals surface area (Å²) >= 11 is 6.15. The zero-order chi connectivity index (χ0) is 30.0. The molecule has 1 saturated heterocycles. The number of sulfone groups is 1. The molecule has 43 heavy (non-hydrogen) atoms. The number of halogens is 1. The van der Waals surface area contributed by atoms with E-state index in [-0.39, 0.29) is 39.1 Å². The minimum absolute atomic E-state index is 0.00384. The number of carbonyl (C=O) groups excluding carboxylic acids is 2. The van der Waals surface area contributed by atoms with Gasteiger partial charge in [-0.2, -0.15) is 0 Å². The molecule has 4 aromatic carbocycles. The van der Waals surface area contributed by atoms with E-state index in [1.54, 1.807) is 12.1 Å². The second-order valence-electron chi connectivity index (χ2n) is 10.6. The highest BCUT2D eigenvalue weighted by molar-refractivity contribution is 7.91. The Labute approximate surface area is 256 Å². The minimum atomic E-state index is -4.01. The number of fused-ring (bicyclic) bond motifs is 2. The molecule has 220 valence electrons. The summed E-state index contributed by atoms with van der Waals surface area (Å²) < 4.78 is 27.4. The van der Waals surface area contributed by atoms with E-state index in [0.29, 0.717) is 13.1 Å². The maximum absolute atomic E-state index is 13.8. The van der Waals surface area contributed by atoms with Gasteiger partial charge in [-0.25, -0.2) is 8.42 Å². The quantitative estimate of drug-likeness (QED) is 0.319. The van der Waals surface area contributed by atoms with Gasteiger partial charge in [-0.3, -0.25) is 14.5 Å². The number of anilines is 2. The fourth-order valence-corrected chi connectivity index (χ4v) is 7.42. The summed E-state index contributed by atoms with van der Waals surface area (Å²) in [5.74, 6) is -0.761. The molecule has 4 aromatic rings. The zero-order valence-electron chi connectivity index (χ0n) is 23.4. The Bertz CT molecular complexity index is 1770.